The van der Waals surface area contributed by atoms with Crippen LogP contribution in [0.2, 0.25) is 5.02 Å². The van der Waals surface area contributed by atoms with Gasteiger partial charge < -0.3 is 15.4 Å². The number of ether oxygens (including phenoxy) is 1. The van der Waals surface area contributed by atoms with Crippen LogP contribution in [-0.2, 0) is 32.0 Å². The van der Waals surface area contributed by atoms with Gasteiger partial charge >= 0.3 is 5.97 Å². The second-order valence-corrected chi connectivity index (χ2v) is 6.87. The largest absolute Gasteiger partial charge is 0.467 e. The molecule has 2 rings (SSSR count). The van der Waals surface area contributed by atoms with E-state index in [9.17, 15) is 18.8 Å². The van der Waals surface area contributed by atoms with E-state index in [0.29, 0.717) is 16.1 Å². The number of esters is 1. The Morgan fingerprint density at radius 1 is 1.00 bits per heavy atom. The highest BCUT2D eigenvalue weighted by molar-refractivity contribution is 6.31. The Labute approximate surface area is 173 Å². The van der Waals surface area contributed by atoms with E-state index in [-0.39, 0.29) is 12.8 Å². The van der Waals surface area contributed by atoms with Gasteiger partial charge in [0.2, 0.25) is 11.8 Å². The summed E-state index contributed by atoms with van der Waals surface area (Å²) in [5.41, 5.74) is 1.32. The second kappa shape index (κ2) is 10.6. The summed E-state index contributed by atoms with van der Waals surface area (Å²) in [6.45, 7) is 1.28. The summed E-state index contributed by atoms with van der Waals surface area (Å²) in [4.78, 5) is 36.6. The van der Waals surface area contributed by atoms with Gasteiger partial charge in [0.1, 0.15) is 17.9 Å². The number of halogens is 2. The maximum absolute atomic E-state index is 13.1. The monoisotopic (exact) mass is 420 g/mol. The average molecular weight is 421 g/mol. The average Bonchev–Trinajstić information content (AvgIpc) is 2.69. The van der Waals surface area contributed by atoms with E-state index in [2.05, 4.69) is 10.6 Å². The molecule has 29 heavy (non-hydrogen) atoms. The fourth-order valence-corrected chi connectivity index (χ4v) is 3.02. The molecule has 0 aliphatic heterocycles. The van der Waals surface area contributed by atoms with Crippen LogP contribution >= 0.6 is 11.6 Å². The smallest absolute Gasteiger partial charge is 0.328 e. The lowest BCUT2D eigenvalue weighted by Gasteiger charge is -2.22. The fraction of sp³-hybridized carbons (Fsp3) is 0.286. The van der Waals surface area contributed by atoms with Crippen molar-refractivity contribution in [2.45, 2.75) is 31.8 Å². The van der Waals surface area contributed by atoms with Crippen LogP contribution < -0.4 is 10.6 Å². The van der Waals surface area contributed by atoms with Gasteiger partial charge in [0.15, 0.2) is 0 Å². The van der Waals surface area contributed by atoms with Gasteiger partial charge in [-0.1, -0.05) is 41.9 Å². The van der Waals surface area contributed by atoms with Crippen molar-refractivity contribution in [3.8, 4) is 0 Å². The van der Waals surface area contributed by atoms with E-state index in [1.54, 1.807) is 24.3 Å². The van der Waals surface area contributed by atoms with Crippen molar-refractivity contribution < 1.29 is 23.5 Å². The van der Waals surface area contributed by atoms with Gasteiger partial charge in [0.05, 0.1) is 7.11 Å². The molecule has 0 heterocycles. The number of nitrogens with one attached hydrogen (secondary N) is 2. The van der Waals surface area contributed by atoms with Gasteiger partial charge in [0, 0.05) is 24.8 Å². The Kier molecular flexibility index (Phi) is 8.15. The molecule has 2 N–H and O–H groups in total. The van der Waals surface area contributed by atoms with Crippen LogP contribution in [0.15, 0.2) is 48.5 Å². The summed E-state index contributed by atoms with van der Waals surface area (Å²) in [6, 6.07) is 10.6. The molecule has 0 spiro atoms. The van der Waals surface area contributed by atoms with Crippen molar-refractivity contribution in [1.29, 1.82) is 0 Å². The molecule has 2 aromatic carbocycles. The van der Waals surface area contributed by atoms with Crippen LogP contribution in [0, 0.1) is 5.82 Å². The molecule has 6 nitrogen and oxygen atoms in total. The Balaban J connectivity index is 2.17. The van der Waals surface area contributed by atoms with Gasteiger partial charge in [-0.25, -0.2) is 9.18 Å². The minimum Gasteiger partial charge on any atom is -0.467 e. The number of rotatable bonds is 8. The van der Waals surface area contributed by atoms with Gasteiger partial charge in [-0.3, -0.25) is 9.59 Å². The summed E-state index contributed by atoms with van der Waals surface area (Å²) in [6.07, 6.45) is 0.257. The minimum atomic E-state index is -0.989. The van der Waals surface area contributed by atoms with E-state index in [1.807, 2.05) is 0 Å². The molecule has 8 heteroatoms. The molecule has 0 aromatic heterocycles. The van der Waals surface area contributed by atoms with Crippen molar-refractivity contribution in [2.24, 2.45) is 0 Å². The standard InChI is InChI=1S/C21H22ClFN2O4/c1-13(26)24-18(11-14-7-9-16(23)10-8-14)20(27)25-19(21(28)29-2)12-15-5-3-4-6-17(15)22/h3-10,18-19H,11-12H2,1-2H3,(H,24,26)(H,25,27)/t18-,19+/m0/s1. The van der Waals surface area contributed by atoms with Crippen LogP contribution in [-0.4, -0.2) is 37.0 Å². The Bertz CT molecular complexity index is 873. The summed E-state index contributed by atoms with van der Waals surface area (Å²) >= 11 is 6.15. The van der Waals surface area contributed by atoms with Gasteiger partial charge in [0.25, 0.3) is 0 Å². The van der Waals surface area contributed by atoms with E-state index >= 15 is 0 Å². The predicted octanol–water partition coefficient (Wildman–Crippen LogP) is 2.43. The maximum atomic E-state index is 13.1. The molecule has 2 amide bonds. The number of carbonyl (C=O) groups is 3. The topological polar surface area (TPSA) is 84.5 Å². The van der Waals surface area contributed by atoms with E-state index < -0.39 is 35.7 Å². The van der Waals surface area contributed by atoms with Gasteiger partial charge in [-0.15, -0.1) is 0 Å². The highest BCUT2D eigenvalue weighted by Gasteiger charge is 2.27. The van der Waals surface area contributed by atoms with E-state index in [1.165, 1.54) is 38.3 Å². The third-order valence-electron chi connectivity index (χ3n) is 4.23. The van der Waals surface area contributed by atoms with Crippen LogP contribution in [0.3, 0.4) is 0 Å². The zero-order valence-electron chi connectivity index (χ0n) is 16.1. The van der Waals surface area contributed by atoms with Crippen LogP contribution in [0.25, 0.3) is 0 Å². The molecule has 2 atom stereocenters. The molecule has 0 saturated carbocycles. The summed E-state index contributed by atoms with van der Waals surface area (Å²) in [5.74, 6) is -2.01. The number of hydrogen-bond acceptors (Lipinski definition) is 4. The molecule has 0 unspecified atom stereocenters. The van der Waals surface area contributed by atoms with E-state index in [0.717, 1.165) is 0 Å². The molecular formula is C21H22ClFN2O4. The van der Waals surface area contributed by atoms with Gasteiger partial charge in [-0.05, 0) is 29.3 Å². The fourth-order valence-electron chi connectivity index (χ4n) is 2.80. The minimum absolute atomic E-state index is 0.126. The van der Waals surface area contributed by atoms with Crippen molar-refractivity contribution in [2.75, 3.05) is 7.11 Å². The summed E-state index contributed by atoms with van der Waals surface area (Å²) < 4.78 is 17.9. The lowest BCUT2D eigenvalue weighted by molar-refractivity contribution is -0.145. The molecule has 0 bridgehead atoms. The normalized spacial score (nSPS) is 12.6. The third kappa shape index (κ3) is 6.87. The molecular weight excluding hydrogens is 399 g/mol. The van der Waals surface area contributed by atoms with Crippen LogP contribution in [0.5, 0.6) is 0 Å². The number of amides is 2. The number of hydrogen-bond donors (Lipinski definition) is 2. The molecule has 154 valence electrons. The summed E-state index contributed by atoms with van der Waals surface area (Å²) in [7, 11) is 1.22. The zero-order chi connectivity index (χ0) is 21.4. The number of carbonyl (C=O) groups excluding carboxylic acids is 3. The van der Waals surface area contributed by atoms with Gasteiger partial charge in [-0.2, -0.15) is 0 Å². The predicted molar refractivity (Wildman–Crippen MR) is 107 cm³/mol. The molecule has 0 saturated heterocycles. The van der Waals surface area contributed by atoms with Crippen molar-refractivity contribution >= 4 is 29.4 Å². The first kappa shape index (κ1) is 22.4. The number of benzene rings is 2. The number of methoxy groups -OCH3 is 1. The lowest BCUT2D eigenvalue weighted by Crippen LogP contribution is -2.53. The molecule has 0 aliphatic rings. The highest BCUT2D eigenvalue weighted by Crippen LogP contribution is 2.17. The van der Waals surface area contributed by atoms with Crippen LogP contribution in [0.4, 0.5) is 4.39 Å². The first-order chi connectivity index (χ1) is 13.8. The second-order valence-electron chi connectivity index (χ2n) is 6.46. The van der Waals surface area contributed by atoms with Crippen LogP contribution in [0.1, 0.15) is 18.1 Å². The molecule has 0 aliphatic carbocycles. The molecule has 0 fully saturated rings. The first-order valence-corrected chi connectivity index (χ1v) is 9.31. The SMILES string of the molecule is COC(=O)[C@@H](Cc1ccccc1Cl)NC(=O)[C@H](Cc1ccc(F)cc1)NC(C)=O. The zero-order valence-corrected chi connectivity index (χ0v) is 16.8. The highest BCUT2D eigenvalue weighted by atomic mass is 35.5. The lowest BCUT2D eigenvalue weighted by atomic mass is 10.0. The van der Waals surface area contributed by atoms with Crippen molar-refractivity contribution in [1.82, 2.24) is 10.6 Å². The molecule has 2 aromatic rings. The van der Waals surface area contributed by atoms with Crippen molar-refractivity contribution in [3.05, 3.63) is 70.5 Å². The Hall–Kier alpha value is -2.93. The Morgan fingerprint density at radius 3 is 2.24 bits per heavy atom. The third-order valence-corrected chi connectivity index (χ3v) is 4.60. The van der Waals surface area contributed by atoms with E-state index in [4.69, 9.17) is 16.3 Å². The Morgan fingerprint density at radius 2 is 1.66 bits per heavy atom. The first-order valence-electron chi connectivity index (χ1n) is 8.93. The summed E-state index contributed by atoms with van der Waals surface area (Å²) in [5, 5.41) is 5.64. The quantitative estimate of drug-likeness (QED) is 0.642. The molecule has 0 radical (unpaired) electrons. The van der Waals surface area contributed by atoms with Crippen molar-refractivity contribution in [3.63, 3.8) is 0 Å². The maximum Gasteiger partial charge on any atom is 0.328 e.